The Labute approximate surface area is 164 Å². The summed E-state index contributed by atoms with van der Waals surface area (Å²) in [6, 6.07) is 8.98. The van der Waals surface area contributed by atoms with Crippen LogP contribution in [0.3, 0.4) is 0 Å². The topological polar surface area (TPSA) is 104 Å². The molecule has 154 valence electrons. The zero-order valence-electron chi connectivity index (χ0n) is 16.1. The highest BCUT2D eigenvalue weighted by atomic mass is 32.2. The number of nitrogens with one attached hydrogen (secondary N) is 1. The molecule has 0 aliphatic carbocycles. The number of sulfone groups is 1. The van der Waals surface area contributed by atoms with Gasteiger partial charge >= 0.3 is 0 Å². The molecule has 1 heterocycles. The number of ether oxygens (including phenoxy) is 3. The number of benzene rings is 1. The summed E-state index contributed by atoms with van der Waals surface area (Å²) >= 11 is 0. The lowest BCUT2D eigenvalue weighted by molar-refractivity contribution is -0.131. The predicted octanol–water partition coefficient (Wildman–Crippen LogP) is 2.39. The Hall–Kier alpha value is -2.36. The van der Waals surface area contributed by atoms with Crippen LogP contribution in [0.25, 0.3) is 0 Å². The monoisotopic (exact) mass is 411 g/mol. The highest BCUT2D eigenvalue weighted by Gasteiger charge is 2.20. The minimum absolute atomic E-state index is 0.0201. The molecule has 0 fully saturated rings. The number of amides is 1. The van der Waals surface area contributed by atoms with Crippen molar-refractivity contribution in [1.82, 2.24) is 5.32 Å². The van der Waals surface area contributed by atoms with E-state index in [4.69, 9.17) is 18.6 Å². The average molecular weight is 411 g/mol. The van der Waals surface area contributed by atoms with Crippen LogP contribution in [-0.4, -0.2) is 47.5 Å². The number of rotatable bonds is 11. The van der Waals surface area contributed by atoms with E-state index in [0.717, 1.165) is 0 Å². The van der Waals surface area contributed by atoms with Gasteiger partial charge in [0.05, 0.1) is 18.6 Å². The SMILES string of the molecule is CCOC(CNC(=O)c1ccc(CS(=O)(=O)c2ccc(OC)cc2)o1)OCC. The Morgan fingerprint density at radius 3 is 2.29 bits per heavy atom. The number of carbonyl (C=O) groups excluding carboxylic acids is 1. The van der Waals surface area contributed by atoms with Crippen molar-refractivity contribution in [1.29, 1.82) is 0 Å². The molecule has 1 amide bonds. The summed E-state index contributed by atoms with van der Waals surface area (Å²) in [6.45, 7) is 4.72. The van der Waals surface area contributed by atoms with E-state index >= 15 is 0 Å². The van der Waals surface area contributed by atoms with E-state index in [1.54, 1.807) is 12.1 Å². The van der Waals surface area contributed by atoms with Gasteiger partial charge in [-0.05, 0) is 50.2 Å². The summed E-state index contributed by atoms with van der Waals surface area (Å²) in [4.78, 5) is 12.3. The second-order valence-electron chi connectivity index (χ2n) is 5.75. The molecule has 0 aliphatic heterocycles. The maximum Gasteiger partial charge on any atom is 0.287 e. The van der Waals surface area contributed by atoms with Crippen molar-refractivity contribution >= 4 is 15.7 Å². The maximum absolute atomic E-state index is 12.5. The van der Waals surface area contributed by atoms with Gasteiger partial charge in [-0.3, -0.25) is 4.79 Å². The van der Waals surface area contributed by atoms with Gasteiger partial charge in [-0.2, -0.15) is 0 Å². The van der Waals surface area contributed by atoms with Crippen molar-refractivity contribution in [2.75, 3.05) is 26.9 Å². The van der Waals surface area contributed by atoms with Crippen LogP contribution >= 0.6 is 0 Å². The van der Waals surface area contributed by atoms with Crippen molar-refractivity contribution in [3.8, 4) is 5.75 Å². The highest BCUT2D eigenvalue weighted by molar-refractivity contribution is 7.90. The molecule has 0 bridgehead atoms. The van der Waals surface area contributed by atoms with E-state index in [-0.39, 0.29) is 28.7 Å². The maximum atomic E-state index is 12.5. The van der Waals surface area contributed by atoms with Gasteiger partial charge in [0.15, 0.2) is 21.9 Å². The number of carbonyl (C=O) groups is 1. The standard InChI is InChI=1S/C19H25NO7S/c1-4-25-18(26-5-2)12-20-19(21)17-11-8-15(27-17)13-28(22,23)16-9-6-14(24-3)7-10-16/h6-11,18H,4-5,12-13H2,1-3H3,(H,20,21). The van der Waals surface area contributed by atoms with Gasteiger partial charge < -0.3 is 23.9 Å². The summed E-state index contributed by atoms with van der Waals surface area (Å²) in [7, 11) is -2.11. The second-order valence-corrected chi connectivity index (χ2v) is 7.74. The van der Waals surface area contributed by atoms with Gasteiger partial charge in [-0.15, -0.1) is 0 Å². The van der Waals surface area contributed by atoms with E-state index in [1.165, 1.54) is 31.4 Å². The molecule has 0 aliphatic rings. The molecule has 2 rings (SSSR count). The van der Waals surface area contributed by atoms with E-state index < -0.39 is 22.0 Å². The lowest BCUT2D eigenvalue weighted by Crippen LogP contribution is -2.35. The number of hydrogen-bond acceptors (Lipinski definition) is 7. The van der Waals surface area contributed by atoms with Crippen LogP contribution in [0, 0.1) is 0 Å². The minimum atomic E-state index is -3.61. The van der Waals surface area contributed by atoms with Crippen LogP contribution < -0.4 is 10.1 Å². The quantitative estimate of drug-likeness (QED) is 0.566. The molecular weight excluding hydrogens is 386 g/mol. The van der Waals surface area contributed by atoms with Crippen molar-refractivity contribution in [3.05, 3.63) is 47.9 Å². The van der Waals surface area contributed by atoms with Gasteiger partial charge in [-0.25, -0.2) is 8.42 Å². The molecule has 0 atom stereocenters. The number of hydrogen-bond donors (Lipinski definition) is 1. The molecule has 9 heteroatoms. The number of methoxy groups -OCH3 is 1. The van der Waals surface area contributed by atoms with Crippen molar-refractivity contribution in [3.63, 3.8) is 0 Å². The molecule has 1 aromatic heterocycles. The first kappa shape index (κ1) is 21.9. The van der Waals surface area contributed by atoms with Crippen LogP contribution in [0.1, 0.15) is 30.2 Å². The van der Waals surface area contributed by atoms with Crippen LogP contribution in [-0.2, 0) is 25.1 Å². The molecule has 1 N–H and O–H groups in total. The normalized spacial score (nSPS) is 11.6. The van der Waals surface area contributed by atoms with Crippen LogP contribution in [0.2, 0.25) is 0 Å². The highest BCUT2D eigenvalue weighted by Crippen LogP contribution is 2.21. The van der Waals surface area contributed by atoms with E-state index in [1.807, 2.05) is 13.8 Å². The third-order valence-corrected chi connectivity index (χ3v) is 5.43. The van der Waals surface area contributed by atoms with Gasteiger partial charge in [0, 0.05) is 13.2 Å². The summed E-state index contributed by atoms with van der Waals surface area (Å²) in [6.07, 6.45) is -0.552. The first-order valence-electron chi connectivity index (χ1n) is 8.86. The minimum Gasteiger partial charge on any atom is -0.497 e. The van der Waals surface area contributed by atoms with E-state index in [2.05, 4.69) is 5.32 Å². The lowest BCUT2D eigenvalue weighted by atomic mass is 10.3. The average Bonchev–Trinajstić information content (AvgIpc) is 3.14. The Kier molecular flexibility index (Phi) is 8.04. The molecule has 0 unspecified atom stereocenters. The Balaban J connectivity index is 1.99. The second kappa shape index (κ2) is 10.3. The molecule has 0 saturated heterocycles. The summed E-state index contributed by atoms with van der Waals surface area (Å²) in [5, 5.41) is 2.64. The molecule has 1 aromatic carbocycles. The first-order valence-corrected chi connectivity index (χ1v) is 10.5. The predicted molar refractivity (Wildman–Crippen MR) is 102 cm³/mol. The summed E-state index contributed by atoms with van der Waals surface area (Å²) in [5.74, 6) is -0.0720. The molecular formula is C19H25NO7S. The first-order chi connectivity index (χ1) is 13.4. The molecule has 28 heavy (non-hydrogen) atoms. The van der Waals surface area contributed by atoms with E-state index in [9.17, 15) is 13.2 Å². The Morgan fingerprint density at radius 2 is 1.71 bits per heavy atom. The zero-order chi connectivity index (χ0) is 20.6. The fraction of sp³-hybridized carbons (Fsp3) is 0.421. The summed E-state index contributed by atoms with van der Waals surface area (Å²) < 4.78 is 46.1. The number of furan rings is 1. The van der Waals surface area contributed by atoms with Gasteiger partial charge in [-0.1, -0.05) is 0 Å². The smallest absolute Gasteiger partial charge is 0.287 e. The molecule has 8 nitrogen and oxygen atoms in total. The zero-order valence-corrected chi connectivity index (χ0v) is 17.0. The van der Waals surface area contributed by atoms with E-state index in [0.29, 0.717) is 19.0 Å². The third-order valence-electron chi connectivity index (χ3n) is 3.77. The molecule has 2 aromatic rings. The van der Waals surface area contributed by atoms with Crippen molar-refractivity contribution < 1.29 is 31.8 Å². The van der Waals surface area contributed by atoms with Crippen LogP contribution in [0.4, 0.5) is 0 Å². The van der Waals surface area contributed by atoms with Gasteiger partial charge in [0.25, 0.3) is 5.91 Å². The Bertz CT molecular complexity index is 853. The largest absolute Gasteiger partial charge is 0.497 e. The van der Waals surface area contributed by atoms with Crippen molar-refractivity contribution in [2.45, 2.75) is 30.8 Å². The lowest BCUT2D eigenvalue weighted by Gasteiger charge is -2.16. The Morgan fingerprint density at radius 1 is 1.07 bits per heavy atom. The van der Waals surface area contributed by atoms with Gasteiger partial charge in [0.2, 0.25) is 0 Å². The third kappa shape index (κ3) is 6.08. The molecule has 0 radical (unpaired) electrons. The fourth-order valence-electron chi connectivity index (χ4n) is 2.43. The van der Waals surface area contributed by atoms with Crippen molar-refractivity contribution in [2.24, 2.45) is 0 Å². The fourth-order valence-corrected chi connectivity index (χ4v) is 3.68. The van der Waals surface area contributed by atoms with Gasteiger partial charge in [0.1, 0.15) is 17.3 Å². The molecule has 0 saturated carbocycles. The molecule has 0 spiro atoms. The van der Waals surface area contributed by atoms with Crippen LogP contribution in [0.5, 0.6) is 5.75 Å². The van der Waals surface area contributed by atoms with Crippen LogP contribution in [0.15, 0.2) is 45.7 Å². The summed E-state index contributed by atoms with van der Waals surface area (Å²) in [5.41, 5.74) is 0.